The molecule has 0 radical (unpaired) electrons. The normalized spacial score (nSPS) is 16.3. The molecule has 15 heteroatoms. The largest absolute Gasteiger partial charge is 0.494 e. The Bertz CT molecular complexity index is 2020. The molecule has 0 bridgehead atoms. The van der Waals surface area contributed by atoms with Gasteiger partial charge in [0, 0.05) is 66.5 Å². The first-order chi connectivity index (χ1) is 27.1. The molecule has 3 heterocycles. The number of hydrogen-bond donors (Lipinski definition) is 3. The van der Waals surface area contributed by atoms with Crippen LogP contribution in [0.3, 0.4) is 0 Å². The molecule has 2 aliphatic heterocycles. The zero-order chi connectivity index (χ0) is 39.6. The summed E-state index contributed by atoms with van der Waals surface area (Å²) in [5, 5.41) is 17.0. The van der Waals surface area contributed by atoms with Crippen molar-refractivity contribution in [3.63, 3.8) is 0 Å². The second-order valence-corrected chi connectivity index (χ2v) is 15.0. The smallest absolute Gasteiger partial charge is 0.253 e. The number of fused-ring (bicyclic) bond motifs is 1. The molecule has 3 N–H and O–H groups in total. The SMILES string of the molecule is COc1ccc(CNC(=O)C(O)[C@@H]2CCCN2C(=O)CNC(=O)c2ccnc3ccc(OCCCN4CCN(C(=O)c5ccc(I)cc5)CC4)cc23)cc1OC. The summed E-state index contributed by atoms with van der Waals surface area (Å²) in [5.41, 5.74) is 2.42. The van der Waals surface area contributed by atoms with Crippen LogP contribution in [0.1, 0.15) is 45.5 Å². The topological polar surface area (TPSA) is 163 Å². The highest BCUT2D eigenvalue weighted by Crippen LogP contribution is 2.28. The maximum Gasteiger partial charge on any atom is 0.253 e. The van der Waals surface area contributed by atoms with Crippen LogP contribution in [0.5, 0.6) is 17.2 Å². The minimum absolute atomic E-state index is 0.0657. The number of halogens is 1. The fraction of sp³-hybridized carbons (Fsp3) is 0.390. The van der Waals surface area contributed by atoms with Crippen molar-refractivity contribution in [2.75, 3.05) is 66.6 Å². The van der Waals surface area contributed by atoms with E-state index in [1.54, 1.807) is 42.6 Å². The van der Waals surface area contributed by atoms with Gasteiger partial charge in [0.2, 0.25) is 5.91 Å². The predicted octanol–water partition coefficient (Wildman–Crippen LogP) is 3.48. The van der Waals surface area contributed by atoms with E-state index in [1.165, 1.54) is 19.1 Å². The first kappa shape index (κ1) is 40.7. The lowest BCUT2D eigenvalue weighted by Crippen LogP contribution is -2.51. The van der Waals surface area contributed by atoms with Crippen LogP contribution in [0.15, 0.2) is 72.9 Å². The van der Waals surface area contributed by atoms with Gasteiger partial charge in [0.05, 0.1) is 44.5 Å². The zero-order valence-corrected chi connectivity index (χ0v) is 33.7. The second-order valence-electron chi connectivity index (χ2n) is 13.7. The van der Waals surface area contributed by atoms with E-state index in [0.29, 0.717) is 78.4 Å². The number of hydrogen-bond acceptors (Lipinski definition) is 10. The van der Waals surface area contributed by atoms with Gasteiger partial charge in [-0.1, -0.05) is 6.07 Å². The van der Waals surface area contributed by atoms with Crippen LogP contribution in [0, 0.1) is 3.57 Å². The monoisotopic (exact) mass is 878 g/mol. The molecule has 4 amide bonds. The van der Waals surface area contributed by atoms with E-state index in [0.717, 1.165) is 35.2 Å². The van der Waals surface area contributed by atoms with Crippen LogP contribution in [-0.2, 0) is 16.1 Å². The molecule has 0 aliphatic carbocycles. The van der Waals surface area contributed by atoms with E-state index in [2.05, 4.69) is 43.1 Å². The van der Waals surface area contributed by atoms with Crippen molar-refractivity contribution in [2.24, 2.45) is 0 Å². The maximum atomic E-state index is 13.4. The van der Waals surface area contributed by atoms with E-state index < -0.39 is 29.9 Å². The fourth-order valence-electron chi connectivity index (χ4n) is 7.08. The molecule has 296 valence electrons. The van der Waals surface area contributed by atoms with Crippen LogP contribution >= 0.6 is 22.6 Å². The summed E-state index contributed by atoms with van der Waals surface area (Å²) in [4.78, 5) is 62.6. The number of ether oxygens (including phenoxy) is 3. The van der Waals surface area contributed by atoms with Crippen molar-refractivity contribution in [3.8, 4) is 17.2 Å². The number of rotatable bonds is 15. The summed E-state index contributed by atoms with van der Waals surface area (Å²) in [6, 6.07) is 19.2. The highest BCUT2D eigenvalue weighted by atomic mass is 127. The van der Waals surface area contributed by atoms with E-state index in [4.69, 9.17) is 14.2 Å². The van der Waals surface area contributed by atoms with E-state index in [9.17, 15) is 24.3 Å². The third kappa shape index (κ3) is 10.0. The van der Waals surface area contributed by atoms with E-state index in [1.807, 2.05) is 35.2 Å². The molecule has 14 nitrogen and oxygen atoms in total. The van der Waals surface area contributed by atoms with Gasteiger partial charge in [-0.2, -0.15) is 0 Å². The fourth-order valence-corrected chi connectivity index (χ4v) is 7.44. The Kier molecular flexibility index (Phi) is 14.0. The Balaban J connectivity index is 0.960. The number of amides is 4. The molecule has 56 heavy (non-hydrogen) atoms. The lowest BCUT2D eigenvalue weighted by molar-refractivity contribution is -0.138. The average molecular weight is 879 g/mol. The zero-order valence-electron chi connectivity index (χ0n) is 31.5. The molecule has 1 aromatic heterocycles. The molecule has 2 saturated heterocycles. The number of carbonyl (C=O) groups is 4. The Morgan fingerprint density at radius 1 is 0.911 bits per heavy atom. The Morgan fingerprint density at radius 3 is 2.43 bits per heavy atom. The highest BCUT2D eigenvalue weighted by Gasteiger charge is 2.37. The van der Waals surface area contributed by atoms with Crippen LogP contribution in [0.2, 0.25) is 0 Å². The van der Waals surface area contributed by atoms with Crippen molar-refractivity contribution < 1.29 is 38.5 Å². The predicted molar refractivity (Wildman–Crippen MR) is 218 cm³/mol. The van der Waals surface area contributed by atoms with Gasteiger partial charge in [0.1, 0.15) is 5.75 Å². The first-order valence-corrected chi connectivity index (χ1v) is 19.8. The molecule has 6 rings (SSSR count). The number of piperazine rings is 1. The molecular formula is C41H47IN6O8. The standard InChI is InChI=1S/C41H47IN6O8/c1-54-35-13-6-27(23-36(35)55-2)25-44-40(52)38(50)34-5-3-17-48(34)37(49)26-45-39(51)31-14-15-43-33-12-11-30(24-32(31)33)56-22-4-16-46-18-20-47(21-19-46)41(53)28-7-9-29(42)10-8-28/h6-15,23-24,34,38,50H,3-5,16-22,25-26H2,1-2H3,(H,44,52)(H,45,51)/t34-,38?/m0/s1. The summed E-state index contributed by atoms with van der Waals surface area (Å²) in [7, 11) is 3.06. The number of methoxy groups -OCH3 is 2. The number of pyridine rings is 1. The van der Waals surface area contributed by atoms with Crippen molar-refractivity contribution in [3.05, 3.63) is 93.2 Å². The molecule has 0 saturated carbocycles. The van der Waals surface area contributed by atoms with Crippen molar-refractivity contribution in [2.45, 2.75) is 38.0 Å². The van der Waals surface area contributed by atoms with Crippen LogP contribution in [0.4, 0.5) is 0 Å². The number of aliphatic hydroxyl groups is 1. The number of aromatic nitrogens is 1. The number of nitrogens with one attached hydrogen (secondary N) is 2. The van der Waals surface area contributed by atoms with Gasteiger partial charge in [-0.25, -0.2) is 0 Å². The van der Waals surface area contributed by atoms with Gasteiger partial charge < -0.3 is 39.8 Å². The van der Waals surface area contributed by atoms with Crippen LogP contribution in [0.25, 0.3) is 10.9 Å². The number of nitrogens with zero attached hydrogens (tertiary/aromatic N) is 4. The number of aliphatic hydroxyl groups excluding tert-OH is 1. The van der Waals surface area contributed by atoms with Crippen LogP contribution in [-0.4, -0.2) is 127 Å². The lowest BCUT2D eigenvalue weighted by atomic mass is 10.1. The number of likely N-dealkylation sites (tertiary alicyclic amines) is 1. The van der Waals surface area contributed by atoms with Crippen molar-refractivity contribution >= 4 is 57.1 Å². The van der Waals surface area contributed by atoms with E-state index in [-0.39, 0.29) is 19.0 Å². The third-order valence-electron chi connectivity index (χ3n) is 10.2. The van der Waals surface area contributed by atoms with Gasteiger partial charge in [-0.05, 0) is 108 Å². The number of carbonyl (C=O) groups excluding carboxylic acids is 4. The van der Waals surface area contributed by atoms with Gasteiger partial charge in [-0.3, -0.25) is 29.1 Å². The summed E-state index contributed by atoms with van der Waals surface area (Å²) >= 11 is 2.23. The van der Waals surface area contributed by atoms with Crippen LogP contribution < -0.4 is 24.8 Å². The average Bonchev–Trinajstić information content (AvgIpc) is 3.73. The third-order valence-corrected chi connectivity index (χ3v) is 10.9. The Morgan fingerprint density at radius 2 is 1.68 bits per heavy atom. The van der Waals surface area contributed by atoms with Gasteiger partial charge >= 0.3 is 0 Å². The molecule has 4 aromatic rings. The quantitative estimate of drug-likeness (QED) is 0.119. The molecule has 3 aromatic carbocycles. The summed E-state index contributed by atoms with van der Waals surface area (Å²) in [5.74, 6) is 0.299. The minimum atomic E-state index is -1.44. The van der Waals surface area contributed by atoms with E-state index >= 15 is 0 Å². The molecule has 0 spiro atoms. The van der Waals surface area contributed by atoms with Crippen molar-refractivity contribution in [1.29, 1.82) is 0 Å². The van der Waals surface area contributed by atoms with Gasteiger partial charge in [0.25, 0.3) is 17.7 Å². The minimum Gasteiger partial charge on any atom is -0.494 e. The molecule has 2 atom stereocenters. The van der Waals surface area contributed by atoms with Gasteiger partial charge in [-0.15, -0.1) is 0 Å². The summed E-state index contributed by atoms with van der Waals surface area (Å²) < 4.78 is 17.7. The van der Waals surface area contributed by atoms with Gasteiger partial charge in [0.15, 0.2) is 17.6 Å². The molecule has 2 aliphatic rings. The lowest BCUT2D eigenvalue weighted by Gasteiger charge is -2.34. The number of benzene rings is 3. The maximum absolute atomic E-state index is 13.4. The first-order valence-electron chi connectivity index (χ1n) is 18.7. The molecule has 1 unspecified atom stereocenters. The Hall–Kier alpha value is -5.00. The highest BCUT2D eigenvalue weighted by molar-refractivity contribution is 14.1. The molecular weight excluding hydrogens is 831 g/mol. The summed E-state index contributed by atoms with van der Waals surface area (Å²) in [6.07, 6.45) is 1.96. The van der Waals surface area contributed by atoms with Crippen molar-refractivity contribution in [1.82, 2.24) is 30.3 Å². The Labute approximate surface area is 339 Å². The summed E-state index contributed by atoms with van der Waals surface area (Å²) in [6.45, 7) is 4.48. The second kappa shape index (κ2) is 19.2. The molecule has 2 fully saturated rings.